The highest BCUT2D eigenvalue weighted by molar-refractivity contribution is 5.38. The molecule has 2 unspecified atom stereocenters. The zero-order chi connectivity index (χ0) is 14.9. The van der Waals surface area contributed by atoms with Crippen LogP contribution in [-0.2, 0) is 4.74 Å². The first-order valence-electron chi connectivity index (χ1n) is 7.50. The van der Waals surface area contributed by atoms with Crippen LogP contribution in [0.5, 0.6) is 0 Å². The van der Waals surface area contributed by atoms with Gasteiger partial charge in [-0.15, -0.1) is 0 Å². The first kappa shape index (κ1) is 15.5. The topological polar surface area (TPSA) is 49.7 Å². The number of hydrogen-bond acceptors (Lipinski definition) is 3. The third kappa shape index (κ3) is 2.90. The third-order valence-electron chi connectivity index (χ3n) is 4.56. The molecule has 1 aromatic rings. The van der Waals surface area contributed by atoms with Crippen LogP contribution in [0, 0.1) is 12.8 Å². The molecule has 0 spiro atoms. The van der Waals surface area contributed by atoms with Crippen LogP contribution in [0.1, 0.15) is 55.9 Å². The highest BCUT2D eigenvalue weighted by Gasteiger charge is 2.37. The molecule has 1 heterocycles. The number of aliphatic hydroxyl groups is 2. The Labute approximate surface area is 121 Å². The summed E-state index contributed by atoms with van der Waals surface area (Å²) in [5.74, 6) is 0.325. The van der Waals surface area contributed by atoms with Crippen LogP contribution >= 0.6 is 0 Å². The second-order valence-corrected chi connectivity index (χ2v) is 6.12. The molecule has 3 nitrogen and oxygen atoms in total. The van der Waals surface area contributed by atoms with Crippen LogP contribution in [0.4, 0.5) is 0 Å². The lowest BCUT2D eigenvalue weighted by molar-refractivity contribution is -0.0948. The number of hydrogen-bond donors (Lipinski definition) is 2. The van der Waals surface area contributed by atoms with Crippen LogP contribution < -0.4 is 0 Å². The van der Waals surface area contributed by atoms with Gasteiger partial charge in [0.25, 0.3) is 0 Å². The molecule has 1 aliphatic heterocycles. The van der Waals surface area contributed by atoms with Gasteiger partial charge in [0.15, 0.2) is 0 Å². The Morgan fingerprint density at radius 1 is 1.25 bits per heavy atom. The van der Waals surface area contributed by atoms with Gasteiger partial charge in [-0.1, -0.05) is 37.6 Å². The average molecular weight is 278 g/mol. The van der Waals surface area contributed by atoms with Gasteiger partial charge < -0.3 is 14.9 Å². The Balaban J connectivity index is 2.38. The van der Waals surface area contributed by atoms with Crippen molar-refractivity contribution in [3.05, 3.63) is 34.9 Å². The fraction of sp³-hybridized carbons (Fsp3) is 0.647. The lowest BCUT2D eigenvalue weighted by Gasteiger charge is -2.40. The standard InChI is InChI=1S/C17H26O3/c1-10-5-6-14-12(3)17(11(2)13(4)19)20-16(7-8-18)15(14)9-10/h5-6,9,11-13,16-19H,7-8H2,1-4H3/t11?,12-,13?,16+,17-/m0/s1. The minimum atomic E-state index is -0.399. The van der Waals surface area contributed by atoms with Gasteiger partial charge in [-0.2, -0.15) is 0 Å². The molecule has 2 N–H and O–H groups in total. The number of benzene rings is 1. The second-order valence-electron chi connectivity index (χ2n) is 6.12. The minimum absolute atomic E-state index is 0.0123. The fourth-order valence-corrected chi connectivity index (χ4v) is 3.14. The Morgan fingerprint density at radius 2 is 1.95 bits per heavy atom. The van der Waals surface area contributed by atoms with Crippen molar-refractivity contribution < 1.29 is 14.9 Å². The quantitative estimate of drug-likeness (QED) is 0.890. The minimum Gasteiger partial charge on any atom is -0.396 e. The summed E-state index contributed by atoms with van der Waals surface area (Å²) in [7, 11) is 0. The first-order valence-corrected chi connectivity index (χ1v) is 7.50. The number of ether oxygens (including phenoxy) is 1. The first-order chi connectivity index (χ1) is 9.45. The van der Waals surface area contributed by atoms with Crippen molar-refractivity contribution in [1.29, 1.82) is 0 Å². The van der Waals surface area contributed by atoms with Crippen molar-refractivity contribution in [2.75, 3.05) is 6.61 Å². The maximum atomic E-state index is 9.87. The summed E-state index contributed by atoms with van der Waals surface area (Å²) in [6.45, 7) is 8.19. The number of rotatable bonds is 4. The zero-order valence-electron chi connectivity index (χ0n) is 12.8. The van der Waals surface area contributed by atoms with Gasteiger partial charge in [0, 0.05) is 24.9 Å². The Hall–Kier alpha value is -0.900. The molecule has 2 rings (SSSR count). The molecular formula is C17H26O3. The van der Waals surface area contributed by atoms with Crippen LogP contribution in [-0.4, -0.2) is 29.0 Å². The van der Waals surface area contributed by atoms with Gasteiger partial charge in [0.2, 0.25) is 0 Å². The summed E-state index contributed by atoms with van der Waals surface area (Å²) in [6, 6.07) is 6.46. The molecule has 1 aliphatic rings. The average Bonchev–Trinajstić information content (AvgIpc) is 2.41. The molecule has 0 saturated carbocycles. The second kappa shape index (κ2) is 6.25. The molecule has 3 heteroatoms. The lowest BCUT2D eigenvalue weighted by atomic mass is 9.79. The lowest BCUT2D eigenvalue weighted by Crippen LogP contribution is -2.38. The SMILES string of the molecule is Cc1ccc2c(c1)[C@@H](CCO)O[C@@H](C(C)C(C)O)[C@H]2C. The Bertz CT molecular complexity index is 456. The molecule has 20 heavy (non-hydrogen) atoms. The summed E-state index contributed by atoms with van der Waals surface area (Å²) in [5.41, 5.74) is 3.70. The largest absolute Gasteiger partial charge is 0.396 e. The number of aryl methyl sites for hydroxylation is 1. The van der Waals surface area contributed by atoms with E-state index >= 15 is 0 Å². The van der Waals surface area contributed by atoms with E-state index in [4.69, 9.17) is 4.74 Å². The van der Waals surface area contributed by atoms with Gasteiger partial charge in [-0.3, -0.25) is 0 Å². The zero-order valence-corrected chi connectivity index (χ0v) is 12.8. The van der Waals surface area contributed by atoms with Crippen molar-refractivity contribution >= 4 is 0 Å². The maximum Gasteiger partial charge on any atom is 0.0853 e. The van der Waals surface area contributed by atoms with E-state index < -0.39 is 6.10 Å². The van der Waals surface area contributed by atoms with Gasteiger partial charge >= 0.3 is 0 Å². The molecule has 1 aromatic carbocycles. The Morgan fingerprint density at radius 3 is 2.55 bits per heavy atom. The van der Waals surface area contributed by atoms with Crippen molar-refractivity contribution in [2.45, 2.75) is 58.3 Å². The Kier molecular flexibility index (Phi) is 4.84. The fourth-order valence-electron chi connectivity index (χ4n) is 3.14. The molecule has 112 valence electrons. The molecular weight excluding hydrogens is 252 g/mol. The number of fused-ring (bicyclic) bond motifs is 1. The van der Waals surface area contributed by atoms with Crippen molar-refractivity contribution in [1.82, 2.24) is 0 Å². The van der Waals surface area contributed by atoms with Gasteiger partial charge in [-0.05, 0) is 25.0 Å². The van der Waals surface area contributed by atoms with E-state index in [9.17, 15) is 10.2 Å². The van der Waals surface area contributed by atoms with E-state index in [-0.39, 0.29) is 30.7 Å². The van der Waals surface area contributed by atoms with E-state index in [2.05, 4.69) is 32.0 Å². The molecule has 0 fully saturated rings. The van der Waals surface area contributed by atoms with Crippen molar-refractivity contribution in [3.63, 3.8) is 0 Å². The van der Waals surface area contributed by atoms with Gasteiger partial charge in [-0.25, -0.2) is 0 Å². The summed E-state index contributed by atoms with van der Waals surface area (Å²) >= 11 is 0. The molecule has 5 atom stereocenters. The van der Waals surface area contributed by atoms with E-state index in [0.29, 0.717) is 6.42 Å². The summed E-state index contributed by atoms with van der Waals surface area (Å²) in [4.78, 5) is 0. The van der Waals surface area contributed by atoms with Crippen LogP contribution in [0.2, 0.25) is 0 Å². The highest BCUT2D eigenvalue weighted by atomic mass is 16.5. The molecule has 0 saturated heterocycles. The summed E-state index contributed by atoms with van der Waals surface area (Å²) in [5, 5.41) is 19.2. The third-order valence-corrected chi connectivity index (χ3v) is 4.56. The van der Waals surface area contributed by atoms with Gasteiger partial charge in [0.1, 0.15) is 0 Å². The van der Waals surface area contributed by atoms with Crippen LogP contribution in [0.25, 0.3) is 0 Å². The molecule has 0 aromatic heterocycles. The van der Waals surface area contributed by atoms with Gasteiger partial charge in [0.05, 0.1) is 18.3 Å². The van der Waals surface area contributed by atoms with E-state index in [1.807, 2.05) is 13.8 Å². The van der Waals surface area contributed by atoms with E-state index in [0.717, 1.165) is 0 Å². The number of aliphatic hydroxyl groups excluding tert-OH is 2. The molecule has 0 radical (unpaired) electrons. The predicted octanol–water partition coefficient (Wildman–Crippen LogP) is 2.94. The maximum absolute atomic E-state index is 9.87. The smallest absolute Gasteiger partial charge is 0.0853 e. The normalized spacial score (nSPS) is 28.8. The predicted molar refractivity (Wildman–Crippen MR) is 79.8 cm³/mol. The molecule has 0 bridgehead atoms. The van der Waals surface area contributed by atoms with Crippen molar-refractivity contribution in [2.24, 2.45) is 5.92 Å². The summed E-state index contributed by atoms with van der Waals surface area (Å²) in [6.07, 6.45) is 0.120. The van der Waals surface area contributed by atoms with Crippen LogP contribution in [0.15, 0.2) is 18.2 Å². The van der Waals surface area contributed by atoms with Crippen molar-refractivity contribution in [3.8, 4) is 0 Å². The van der Waals surface area contributed by atoms with Crippen LogP contribution in [0.3, 0.4) is 0 Å². The molecule has 0 amide bonds. The summed E-state index contributed by atoms with van der Waals surface area (Å²) < 4.78 is 6.22. The highest BCUT2D eigenvalue weighted by Crippen LogP contribution is 2.42. The van der Waals surface area contributed by atoms with E-state index in [1.165, 1.54) is 16.7 Å². The van der Waals surface area contributed by atoms with E-state index in [1.54, 1.807) is 0 Å². The molecule has 0 aliphatic carbocycles. The monoisotopic (exact) mass is 278 g/mol.